The van der Waals surface area contributed by atoms with Crippen LogP contribution in [0.4, 0.5) is 5.69 Å². The van der Waals surface area contributed by atoms with Crippen molar-refractivity contribution in [1.82, 2.24) is 16.0 Å². The number of ether oxygens (including phenoxy) is 1. The minimum absolute atomic E-state index is 0.0321. The lowest BCUT2D eigenvalue weighted by molar-refractivity contribution is -0.137. The summed E-state index contributed by atoms with van der Waals surface area (Å²) in [7, 11) is 1.54. The first kappa shape index (κ1) is 28.1. The Morgan fingerprint density at radius 1 is 0.833 bits per heavy atom. The quantitative estimate of drug-likeness (QED) is 0.295. The largest absolute Gasteiger partial charge is 0.496 e. The summed E-state index contributed by atoms with van der Waals surface area (Å²) in [6.45, 7) is 4.41. The molecule has 0 fully saturated rings. The fraction of sp³-hybridized carbons (Fsp3) is 0.400. The first-order chi connectivity index (χ1) is 17.0. The highest BCUT2D eigenvalue weighted by molar-refractivity contribution is 6.01. The second kappa shape index (κ2) is 13.1. The van der Waals surface area contributed by atoms with Crippen molar-refractivity contribution in [2.75, 3.05) is 12.4 Å². The van der Waals surface area contributed by atoms with Crippen molar-refractivity contribution >= 4 is 46.1 Å². The zero-order valence-corrected chi connectivity index (χ0v) is 20.7. The van der Waals surface area contributed by atoms with Crippen molar-refractivity contribution in [3.63, 3.8) is 0 Å². The van der Waals surface area contributed by atoms with E-state index in [0.29, 0.717) is 11.4 Å². The number of hydrogen-bond acceptors (Lipinski definition) is 6. The van der Waals surface area contributed by atoms with E-state index >= 15 is 0 Å². The average molecular weight is 501 g/mol. The highest BCUT2D eigenvalue weighted by atomic mass is 16.5. The van der Waals surface area contributed by atoms with Gasteiger partial charge in [-0.3, -0.25) is 24.0 Å². The molecule has 5 N–H and O–H groups in total. The molecule has 4 amide bonds. The van der Waals surface area contributed by atoms with Crippen LogP contribution < -0.4 is 26.0 Å². The number of carboxylic acid groups (broad SMARTS) is 1. The van der Waals surface area contributed by atoms with Gasteiger partial charge in [-0.15, -0.1) is 0 Å². The number of carboxylic acids is 1. The van der Waals surface area contributed by atoms with Crippen LogP contribution in [-0.4, -0.2) is 59.9 Å². The summed E-state index contributed by atoms with van der Waals surface area (Å²) in [5.74, 6) is -2.51. The van der Waals surface area contributed by atoms with Gasteiger partial charge in [0.1, 0.15) is 23.9 Å². The maximum atomic E-state index is 12.6. The smallest absolute Gasteiger partial charge is 0.303 e. The Hall–Kier alpha value is -4.15. The summed E-state index contributed by atoms with van der Waals surface area (Å²) in [5.41, 5.74) is 0.505. The molecule has 11 heteroatoms. The zero-order valence-electron chi connectivity index (χ0n) is 20.7. The summed E-state index contributed by atoms with van der Waals surface area (Å²) >= 11 is 0. The molecule has 11 nitrogen and oxygen atoms in total. The molecule has 0 heterocycles. The molecule has 36 heavy (non-hydrogen) atoms. The molecule has 0 aliphatic heterocycles. The summed E-state index contributed by atoms with van der Waals surface area (Å²) in [5, 5.41) is 20.6. The fourth-order valence-electron chi connectivity index (χ4n) is 3.35. The van der Waals surface area contributed by atoms with Gasteiger partial charge in [0.2, 0.25) is 23.6 Å². The number of fused-ring (bicyclic) bond motifs is 1. The van der Waals surface area contributed by atoms with Crippen LogP contribution in [0.15, 0.2) is 36.4 Å². The molecular weight excluding hydrogens is 468 g/mol. The van der Waals surface area contributed by atoms with Crippen LogP contribution in [-0.2, 0) is 24.0 Å². The van der Waals surface area contributed by atoms with Crippen LogP contribution in [0.5, 0.6) is 5.75 Å². The number of methoxy groups -OCH3 is 1. The molecule has 0 bridgehead atoms. The number of hydrogen-bond donors (Lipinski definition) is 5. The van der Waals surface area contributed by atoms with Gasteiger partial charge >= 0.3 is 5.97 Å². The van der Waals surface area contributed by atoms with Crippen molar-refractivity contribution in [2.24, 2.45) is 0 Å². The molecule has 0 aliphatic rings. The van der Waals surface area contributed by atoms with Crippen LogP contribution >= 0.6 is 0 Å². The van der Waals surface area contributed by atoms with E-state index in [9.17, 15) is 24.0 Å². The van der Waals surface area contributed by atoms with Gasteiger partial charge in [0.15, 0.2) is 0 Å². The van der Waals surface area contributed by atoms with E-state index in [1.807, 2.05) is 24.3 Å². The maximum absolute atomic E-state index is 12.6. The molecule has 0 aromatic heterocycles. The molecule has 0 saturated heterocycles. The van der Waals surface area contributed by atoms with Gasteiger partial charge in [-0.2, -0.15) is 0 Å². The Bertz CT molecular complexity index is 1130. The van der Waals surface area contributed by atoms with Crippen molar-refractivity contribution < 1.29 is 33.8 Å². The van der Waals surface area contributed by atoms with Crippen molar-refractivity contribution in [3.8, 4) is 5.75 Å². The number of aliphatic carboxylic acids is 1. The Morgan fingerprint density at radius 3 is 2.03 bits per heavy atom. The van der Waals surface area contributed by atoms with E-state index in [4.69, 9.17) is 9.84 Å². The molecule has 2 rings (SSSR count). The molecule has 3 unspecified atom stereocenters. The van der Waals surface area contributed by atoms with E-state index in [1.54, 1.807) is 12.1 Å². The van der Waals surface area contributed by atoms with Gasteiger partial charge in [0.25, 0.3) is 0 Å². The minimum Gasteiger partial charge on any atom is -0.496 e. The molecule has 0 radical (unpaired) electrons. The number of rotatable bonds is 12. The molecule has 0 saturated carbocycles. The van der Waals surface area contributed by atoms with Crippen molar-refractivity contribution in [3.05, 3.63) is 36.4 Å². The SMILES string of the molecule is COc1cc(NC(=O)C(C)NC(=O)C(C)NC(=O)C(C)NC(=O)CCCC(=O)O)cc2ccccc12. The topological polar surface area (TPSA) is 163 Å². The first-order valence-electron chi connectivity index (χ1n) is 11.5. The summed E-state index contributed by atoms with van der Waals surface area (Å²) < 4.78 is 5.40. The molecule has 194 valence electrons. The number of anilines is 1. The predicted octanol–water partition coefficient (Wildman–Crippen LogP) is 1.56. The summed E-state index contributed by atoms with van der Waals surface area (Å²) in [4.78, 5) is 59.8. The third-order valence-corrected chi connectivity index (χ3v) is 5.38. The summed E-state index contributed by atoms with van der Waals surface area (Å²) in [6, 6.07) is 8.24. The summed E-state index contributed by atoms with van der Waals surface area (Å²) in [6.07, 6.45) is -0.0265. The van der Waals surface area contributed by atoms with Gasteiger partial charge in [0.05, 0.1) is 7.11 Å². The molecule has 3 atom stereocenters. The van der Waals surface area contributed by atoms with E-state index in [1.165, 1.54) is 27.9 Å². The normalized spacial score (nSPS) is 13.1. The molecule has 2 aromatic rings. The number of nitrogens with one attached hydrogen (secondary N) is 4. The van der Waals surface area contributed by atoms with Gasteiger partial charge in [-0.25, -0.2) is 0 Å². The number of amides is 4. The van der Waals surface area contributed by atoms with Crippen LogP contribution in [0.2, 0.25) is 0 Å². The first-order valence-corrected chi connectivity index (χ1v) is 11.5. The number of benzene rings is 2. The predicted molar refractivity (Wildman–Crippen MR) is 133 cm³/mol. The molecule has 2 aromatic carbocycles. The van der Waals surface area contributed by atoms with E-state index in [2.05, 4.69) is 21.3 Å². The Morgan fingerprint density at radius 2 is 1.42 bits per heavy atom. The number of carbonyl (C=O) groups excluding carboxylic acids is 4. The molecular formula is C25H32N4O7. The van der Waals surface area contributed by atoms with Gasteiger partial charge < -0.3 is 31.1 Å². The standard InChI is InChI=1S/C25H32N4O7/c1-14(26-21(30)10-7-11-22(31)32)23(33)27-15(2)24(34)28-16(3)25(35)29-18-12-17-8-5-6-9-19(17)20(13-18)36-4/h5-6,8-9,12-16H,7,10-11H2,1-4H3,(H,26,30)(H,27,33)(H,28,34)(H,29,35)(H,31,32). The Balaban J connectivity index is 1.87. The maximum Gasteiger partial charge on any atom is 0.303 e. The van der Waals surface area contributed by atoms with E-state index < -0.39 is 47.7 Å². The van der Waals surface area contributed by atoms with E-state index in [-0.39, 0.29) is 19.3 Å². The van der Waals surface area contributed by atoms with Crippen LogP contribution in [0.25, 0.3) is 10.8 Å². The van der Waals surface area contributed by atoms with Crippen LogP contribution in [0.3, 0.4) is 0 Å². The number of carbonyl (C=O) groups is 5. The molecule has 0 spiro atoms. The highest BCUT2D eigenvalue weighted by Gasteiger charge is 2.24. The highest BCUT2D eigenvalue weighted by Crippen LogP contribution is 2.29. The van der Waals surface area contributed by atoms with Crippen molar-refractivity contribution in [2.45, 2.75) is 58.2 Å². The second-order valence-electron chi connectivity index (χ2n) is 8.39. The minimum atomic E-state index is -1.01. The van der Waals surface area contributed by atoms with E-state index in [0.717, 1.165) is 10.8 Å². The Labute approximate surface area is 209 Å². The van der Waals surface area contributed by atoms with Crippen LogP contribution in [0, 0.1) is 0 Å². The third-order valence-electron chi connectivity index (χ3n) is 5.38. The Kier molecular flexibility index (Phi) is 10.2. The fourth-order valence-corrected chi connectivity index (χ4v) is 3.35. The van der Waals surface area contributed by atoms with Gasteiger partial charge in [-0.1, -0.05) is 24.3 Å². The third kappa shape index (κ3) is 8.26. The van der Waals surface area contributed by atoms with Crippen molar-refractivity contribution in [1.29, 1.82) is 0 Å². The monoisotopic (exact) mass is 500 g/mol. The van der Waals surface area contributed by atoms with Gasteiger partial charge in [-0.05, 0) is 38.6 Å². The molecule has 0 aliphatic carbocycles. The van der Waals surface area contributed by atoms with Gasteiger partial charge in [0, 0.05) is 30.0 Å². The zero-order chi connectivity index (χ0) is 26.8. The second-order valence-corrected chi connectivity index (χ2v) is 8.39. The lowest BCUT2D eigenvalue weighted by Crippen LogP contribution is -2.54. The average Bonchev–Trinajstić information content (AvgIpc) is 2.82. The van der Waals surface area contributed by atoms with Crippen LogP contribution in [0.1, 0.15) is 40.0 Å². The lowest BCUT2D eigenvalue weighted by Gasteiger charge is -2.20. The lowest BCUT2D eigenvalue weighted by atomic mass is 10.1.